The van der Waals surface area contributed by atoms with Crippen LogP contribution in [0.2, 0.25) is 0 Å². The molecule has 0 aliphatic carbocycles. The summed E-state index contributed by atoms with van der Waals surface area (Å²) in [6.45, 7) is 10.1. The molecule has 0 bridgehead atoms. The minimum atomic E-state index is -1.37. The van der Waals surface area contributed by atoms with Crippen LogP contribution in [0.25, 0.3) is 10.9 Å². The SMILES string of the molecule is CCC(=O)C1c2ccc(C(=O)OC)cc2CC(c2c[nH]c3ccccc23)N1NC(=O)C(C)(C)NC(=O)OC(C)(C)C. The molecule has 2 heterocycles. The molecular formula is C31H38N4O6. The lowest BCUT2D eigenvalue weighted by Gasteiger charge is -2.43. The lowest BCUT2D eigenvalue weighted by Crippen LogP contribution is -2.61. The highest BCUT2D eigenvalue weighted by Crippen LogP contribution is 2.42. The molecule has 0 fully saturated rings. The summed E-state index contributed by atoms with van der Waals surface area (Å²) in [5.41, 5.74) is 4.54. The van der Waals surface area contributed by atoms with Crippen molar-refractivity contribution in [3.05, 3.63) is 70.9 Å². The monoisotopic (exact) mass is 562 g/mol. The Morgan fingerprint density at radius 2 is 1.73 bits per heavy atom. The van der Waals surface area contributed by atoms with Gasteiger partial charge in [-0.15, -0.1) is 0 Å². The van der Waals surface area contributed by atoms with E-state index in [2.05, 4.69) is 15.7 Å². The number of amides is 2. The number of H-pyrrole nitrogens is 1. The molecule has 2 unspecified atom stereocenters. The Balaban J connectivity index is 1.80. The fourth-order valence-corrected chi connectivity index (χ4v) is 5.10. The number of hydrogen-bond acceptors (Lipinski definition) is 7. The number of aromatic nitrogens is 1. The summed E-state index contributed by atoms with van der Waals surface area (Å²) in [7, 11) is 1.32. The Bertz CT molecular complexity index is 1490. The zero-order chi connectivity index (χ0) is 30.1. The number of fused-ring (bicyclic) bond motifs is 2. The minimum absolute atomic E-state index is 0.111. The first-order chi connectivity index (χ1) is 19.3. The third-order valence-electron chi connectivity index (χ3n) is 7.13. The molecule has 2 amide bonds. The smallest absolute Gasteiger partial charge is 0.408 e. The third kappa shape index (κ3) is 6.27. The van der Waals surface area contributed by atoms with Gasteiger partial charge in [-0.3, -0.25) is 15.0 Å². The number of Topliss-reactive ketones (excluding diaryl/α,β-unsaturated/α-hetero) is 1. The molecule has 1 aromatic heterocycles. The first-order valence-corrected chi connectivity index (χ1v) is 13.7. The molecule has 0 saturated heterocycles. The Kier molecular flexibility index (Phi) is 8.26. The quantitative estimate of drug-likeness (QED) is 0.349. The number of hydrogen-bond donors (Lipinski definition) is 3. The number of benzene rings is 2. The number of carbonyl (C=O) groups excluding carboxylic acids is 4. The van der Waals surface area contributed by atoms with Crippen molar-refractivity contribution in [2.24, 2.45) is 0 Å². The molecule has 1 aliphatic rings. The number of nitrogens with zero attached hydrogens (tertiary/aromatic N) is 1. The molecule has 0 spiro atoms. The van der Waals surface area contributed by atoms with E-state index in [4.69, 9.17) is 9.47 Å². The number of ketones is 1. The number of esters is 1. The van der Waals surface area contributed by atoms with Crippen molar-refractivity contribution in [2.75, 3.05) is 7.11 Å². The molecule has 3 N–H and O–H groups in total. The fourth-order valence-electron chi connectivity index (χ4n) is 5.10. The zero-order valence-electron chi connectivity index (χ0n) is 24.6. The van der Waals surface area contributed by atoms with E-state index in [1.54, 1.807) is 64.8 Å². The van der Waals surface area contributed by atoms with Crippen molar-refractivity contribution in [3.63, 3.8) is 0 Å². The Morgan fingerprint density at radius 3 is 2.39 bits per heavy atom. The van der Waals surface area contributed by atoms with Crippen molar-refractivity contribution in [1.82, 2.24) is 20.7 Å². The van der Waals surface area contributed by atoms with Crippen molar-refractivity contribution < 1.29 is 28.7 Å². The average Bonchev–Trinajstić information content (AvgIpc) is 3.34. The Hall–Kier alpha value is -4.18. The normalized spacial score (nSPS) is 17.4. The number of nitrogens with one attached hydrogen (secondary N) is 3. The van der Waals surface area contributed by atoms with Crippen molar-refractivity contribution in [1.29, 1.82) is 0 Å². The van der Waals surface area contributed by atoms with Gasteiger partial charge in [0.15, 0.2) is 5.78 Å². The molecular weight excluding hydrogens is 524 g/mol. The van der Waals surface area contributed by atoms with E-state index in [-0.39, 0.29) is 12.2 Å². The number of aromatic amines is 1. The molecule has 10 heteroatoms. The van der Waals surface area contributed by atoms with E-state index in [0.717, 1.165) is 22.0 Å². The number of hydrazine groups is 1. The molecule has 41 heavy (non-hydrogen) atoms. The first kappa shape index (κ1) is 29.8. The maximum absolute atomic E-state index is 13.8. The maximum Gasteiger partial charge on any atom is 0.408 e. The Morgan fingerprint density at radius 1 is 1.02 bits per heavy atom. The average molecular weight is 563 g/mol. The van der Waals surface area contributed by atoms with Gasteiger partial charge in [0.2, 0.25) is 0 Å². The summed E-state index contributed by atoms with van der Waals surface area (Å²) in [6, 6.07) is 11.6. The molecule has 2 aromatic carbocycles. The van der Waals surface area contributed by atoms with Crippen LogP contribution in [0.1, 0.15) is 87.1 Å². The lowest BCUT2D eigenvalue weighted by atomic mass is 9.83. The largest absolute Gasteiger partial charge is 0.465 e. The standard InChI is InChI=1S/C31H38N4O6/c1-8-25(36)26-20-14-13-18(27(37)40-7)15-19(20)16-24(22-17-32-23-12-10-9-11-21(22)23)35(26)34-28(38)31(5,6)33-29(39)41-30(2,3)4/h9-15,17,24,26,32H,8,16H2,1-7H3,(H,33,39)(H,34,38). The van der Waals surface area contributed by atoms with Gasteiger partial charge in [-0.05, 0) is 75.9 Å². The van der Waals surface area contributed by atoms with Crippen molar-refractivity contribution in [3.8, 4) is 0 Å². The minimum Gasteiger partial charge on any atom is -0.465 e. The van der Waals surface area contributed by atoms with Crippen LogP contribution >= 0.6 is 0 Å². The molecule has 218 valence electrons. The molecule has 3 aromatic rings. The second kappa shape index (κ2) is 11.4. The summed E-state index contributed by atoms with van der Waals surface area (Å²) in [5.74, 6) is -1.10. The van der Waals surface area contributed by atoms with E-state index in [9.17, 15) is 19.2 Å². The van der Waals surface area contributed by atoms with Crippen LogP contribution in [0.15, 0.2) is 48.7 Å². The number of methoxy groups -OCH3 is 1. The fraction of sp³-hybridized carbons (Fsp3) is 0.419. The number of ether oxygens (including phenoxy) is 2. The van der Waals surface area contributed by atoms with E-state index < -0.39 is 41.2 Å². The van der Waals surface area contributed by atoms with E-state index in [1.807, 2.05) is 30.5 Å². The maximum atomic E-state index is 13.8. The second-order valence-corrected chi connectivity index (χ2v) is 11.7. The van der Waals surface area contributed by atoms with Crippen LogP contribution in [-0.4, -0.2) is 52.0 Å². The predicted octanol–water partition coefficient (Wildman–Crippen LogP) is 4.91. The van der Waals surface area contributed by atoms with Gasteiger partial charge in [0.05, 0.1) is 18.7 Å². The van der Waals surface area contributed by atoms with Crippen LogP contribution < -0.4 is 10.7 Å². The molecule has 1 aliphatic heterocycles. The zero-order valence-corrected chi connectivity index (χ0v) is 24.6. The highest BCUT2D eigenvalue weighted by molar-refractivity contribution is 5.92. The van der Waals surface area contributed by atoms with Crippen LogP contribution in [0.3, 0.4) is 0 Å². The third-order valence-corrected chi connectivity index (χ3v) is 7.13. The van der Waals surface area contributed by atoms with Crippen LogP contribution in [-0.2, 0) is 25.5 Å². The van der Waals surface area contributed by atoms with Gasteiger partial charge in [-0.1, -0.05) is 31.2 Å². The number of para-hydroxylation sites is 1. The summed E-state index contributed by atoms with van der Waals surface area (Å²) < 4.78 is 10.3. The number of alkyl carbamates (subject to hydrolysis) is 1. The topological polar surface area (TPSA) is 130 Å². The summed E-state index contributed by atoms with van der Waals surface area (Å²) in [5, 5.41) is 5.27. The summed E-state index contributed by atoms with van der Waals surface area (Å²) in [4.78, 5) is 55.5. The second-order valence-electron chi connectivity index (χ2n) is 11.7. The molecule has 10 nitrogen and oxygen atoms in total. The molecule has 2 atom stereocenters. The summed E-state index contributed by atoms with van der Waals surface area (Å²) in [6.07, 6.45) is 1.76. The van der Waals surface area contributed by atoms with Gasteiger partial charge in [-0.25, -0.2) is 9.59 Å². The van der Waals surface area contributed by atoms with Gasteiger partial charge in [0.25, 0.3) is 5.91 Å². The van der Waals surface area contributed by atoms with Gasteiger partial charge in [-0.2, -0.15) is 5.01 Å². The van der Waals surface area contributed by atoms with E-state index >= 15 is 0 Å². The van der Waals surface area contributed by atoms with Gasteiger partial charge in [0.1, 0.15) is 17.2 Å². The predicted molar refractivity (Wildman–Crippen MR) is 154 cm³/mol. The highest BCUT2D eigenvalue weighted by Gasteiger charge is 2.43. The first-order valence-electron chi connectivity index (χ1n) is 13.7. The van der Waals surface area contributed by atoms with Crippen LogP contribution in [0, 0.1) is 0 Å². The lowest BCUT2D eigenvalue weighted by molar-refractivity contribution is -0.139. The van der Waals surface area contributed by atoms with Crippen LogP contribution in [0.4, 0.5) is 4.79 Å². The van der Waals surface area contributed by atoms with Crippen molar-refractivity contribution >= 4 is 34.7 Å². The highest BCUT2D eigenvalue weighted by atomic mass is 16.6. The Labute approximate surface area is 239 Å². The van der Waals surface area contributed by atoms with E-state index in [1.165, 1.54) is 7.11 Å². The van der Waals surface area contributed by atoms with Gasteiger partial charge < -0.3 is 19.8 Å². The number of carbonyl (C=O) groups is 4. The van der Waals surface area contributed by atoms with Crippen LogP contribution in [0.5, 0.6) is 0 Å². The van der Waals surface area contributed by atoms with Crippen molar-refractivity contribution in [2.45, 2.75) is 77.6 Å². The number of rotatable bonds is 7. The molecule has 0 radical (unpaired) electrons. The molecule has 4 rings (SSSR count). The van der Waals surface area contributed by atoms with Gasteiger partial charge >= 0.3 is 12.1 Å². The molecule has 0 saturated carbocycles. The summed E-state index contributed by atoms with van der Waals surface area (Å²) >= 11 is 0. The van der Waals surface area contributed by atoms with Gasteiger partial charge in [0, 0.05) is 23.5 Å². The van der Waals surface area contributed by atoms with E-state index in [0.29, 0.717) is 17.5 Å².